The van der Waals surface area contributed by atoms with E-state index in [1.54, 1.807) is 18.1 Å². The lowest BCUT2D eigenvalue weighted by Gasteiger charge is -2.36. The third-order valence-corrected chi connectivity index (χ3v) is 6.58. The molecule has 0 unspecified atom stereocenters. The lowest BCUT2D eigenvalue weighted by molar-refractivity contribution is -0.135. The van der Waals surface area contributed by atoms with E-state index in [-0.39, 0.29) is 18.4 Å². The Labute approximate surface area is 218 Å². The van der Waals surface area contributed by atoms with E-state index in [9.17, 15) is 9.59 Å². The van der Waals surface area contributed by atoms with Gasteiger partial charge in [0.1, 0.15) is 18.1 Å². The number of anilines is 1. The number of hydrogen-bond acceptors (Lipinski definition) is 6. The molecule has 1 fully saturated rings. The summed E-state index contributed by atoms with van der Waals surface area (Å²) < 4.78 is 18.5. The fraction of sp³-hybridized carbons (Fsp3) is 0.429. The Morgan fingerprint density at radius 3 is 2.51 bits per heavy atom. The van der Waals surface area contributed by atoms with Crippen molar-refractivity contribution < 1.29 is 23.5 Å². The minimum Gasteiger partial charge on any atom is -0.495 e. The van der Waals surface area contributed by atoms with E-state index in [0.29, 0.717) is 44.2 Å². The van der Waals surface area contributed by atoms with Crippen LogP contribution in [0.2, 0.25) is 0 Å². The first-order valence-corrected chi connectivity index (χ1v) is 12.7. The SMILES string of the molecule is CCCN(Cc1cccn1Cc1ccc(C(=O)N2CCN(c3ccccc3OC)CC2)o1)C(=O)COC. The topological polar surface area (TPSA) is 80.4 Å². The molecule has 0 atom stereocenters. The van der Waals surface area contributed by atoms with Crippen LogP contribution in [0.15, 0.2) is 59.1 Å². The van der Waals surface area contributed by atoms with E-state index in [0.717, 1.165) is 36.6 Å². The number of piperazine rings is 1. The van der Waals surface area contributed by atoms with Gasteiger partial charge in [-0.2, -0.15) is 0 Å². The van der Waals surface area contributed by atoms with Crippen molar-refractivity contribution in [3.63, 3.8) is 0 Å². The Hall–Kier alpha value is -3.72. The molecular formula is C28H36N4O5. The first kappa shape index (κ1) is 26.3. The van der Waals surface area contributed by atoms with Gasteiger partial charge in [0, 0.05) is 51.7 Å². The van der Waals surface area contributed by atoms with E-state index in [1.807, 2.05) is 65.1 Å². The van der Waals surface area contributed by atoms with Gasteiger partial charge in [-0.1, -0.05) is 19.1 Å². The molecule has 9 heteroatoms. The number of aromatic nitrogens is 1. The molecular weight excluding hydrogens is 472 g/mol. The molecule has 0 spiro atoms. The van der Waals surface area contributed by atoms with Crippen molar-refractivity contribution in [1.29, 1.82) is 0 Å². The Morgan fingerprint density at radius 2 is 1.78 bits per heavy atom. The summed E-state index contributed by atoms with van der Waals surface area (Å²) in [7, 11) is 3.20. The molecule has 1 aliphatic heterocycles. The number of rotatable bonds is 11. The number of furan rings is 1. The van der Waals surface area contributed by atoms with Crippen molar-refractivity contribution in [2.45, 2.75) is 26.4 Å². The third-order valence-electron chi connectivity index (χ3n) is 6.58. The summed E-state index contributed by atoms with van der Waals surface area (Å²) in [5.74, 6) is 1.74. The molecule has 2 aromatic heterocycles. The predicted octanol–water partition coefficient (Wildman–Crippen LogP) is 3.49. The lowest BCUT2D eigenvalue weighted by atomic mass is 10.2. The maximum Gasteiger partial charge on any atom is 0.289 e. The molecule has 0 bridgehead atoms. The minimum absolute atomic E-state index is 0.0335. The molecule has 198 valence electrons. The summed E-state index contributed by atoms with van der Waals surface area (Å²) in [6.07, 6.45) is 2.83. The first-order chi connectivity index (χ1) is 18.0. The number of methoxy groups -OCH3 is 2. The van der Waals surface area contributed by atoms with Gasteiger partial charge in [-0.05, 0) is 42.8 Å². The molecule has 9 nitrogen and oxygen atoms in total. The van der Waals surface area contributed by atoms with Crippen LogP contribution in [0, 0.1) is 0 Å². The van der Waals surface area contributed by atoms with Gasteiger partial charge in [0.15, 0.2) is 5.76 Å². The molecule has 1 saturated heterocycles. The summed E-state index contributed by atoms with van der Waals surface area (Å²) in [5.41, 5.74) is 2.04. The highest BCUT2D eigenvalue weighted by molar-refractivity contribution is 5.91. The van der Waals surface area contributed by atoms with Crippen LogP contribution in [0.3, 0.4) is 0 Å². The van der Waals surface area contributed by atoms with E-state index in [4.69, 9.17) is 13.9 Å². The second-order valence-electron chi connectivity index (χ2n) is 9.09. The predicted molar refractivity (Wildman–Crippen MR) is 141 cm³/mol. The average molecular weight is 509 g/mol. The Morgan fingerprint density at radius 1 is 1.00 bits per heavy atom. The third kappa shape index (κ3) is 6.35. The molecule has 0 saturated carbocycles. The van der Waals surface area contributed by atoms with Crippen molar-refractivity contribution in [3.05, 3.63) is 71.9 Å². The Bertz CT molecular complexity index is 1180. The summed E-state index contributed by atoms with van der Waals surface area (Å²) in [6, 6.07) is 15.5. The number of nitrogens with zero attached hydrogens (tertiary/aromatic N) is 4. The largest absolute Gasteiger partial charge is 0.495 e. The summed E-state index contributed by atoms with van der Waals surface area (Å²) in [5, 5.41) is 0. The summed E-state index contributed by atoms with van der Waals surface area (Å²) >= 11 is 0. The Kier molecular flexibility index (Phi) is 8.90. The molecule has 3 aromatic rings. The molecule has 37 heavy (non-hydrogen) atoms. The number of para-hydroxylation sites is 2. The van der Waals surface area contributed by atoms with Gasteiger partial charge in [0.2, 0.25) is 5.91 Å². The summed E-state index contributed by atoms with van der Waals surface area (Å²) in [6.45, 7) is 6.42. The van der Waals surface area contributed by atoms with E-state index >= 15 is 0 Å². The number of benzene rings is 1. The van der Waals surface area contributed by atoms with E-state index in [2.05, 4.69) is 4.90 Å². The van der Waals surface area contributed by atoms with Crippen LogP contribution in [-0.4, -0.2) is 79.7 Å². The average Bonchev–Trinajstić information content (AvgIpc) is 3.58. The molecule has 1 aliphatic rings. The normalized spacial score (nSPS) is 13.6. The second kappa shape index (κ2) is 12.5. The van der Waals surface area contributed by atoms with Crippen LogP contribution in [0.5, 0.6) is 5.75 Å². The smallest absolute Gasteiger partial charge is 0.289 e. The minimum atomic E-state index is -0.0991. The first-order valence-electron chi connectivity index (χ1n) is 12.7. The van der Waals surface area contributed by atoms with Crippen LogP contribution >= 0.6 is 0 Å². The number of carbonyl (C=O) groups is 2. The molecule has 4 rings (SSSR count). The van der Waals surface area contributed by atoms with Gasteiger partial charge < -0.3 is 33.2 Å². The van der Waals surface area contributed by atoms with Crippen LogP contribution < -0.4 is 9.64 Å². The molecule has 0 radical (unpaired) electrons. The maximum absolute atomic E-state index is 13.1. The van der Waals surface area contributed by atoms with Gasteiger partial charge in [-0.25, -0.2) is 0 Å². The number of carbonyl (C=O) groups excluding carboxylic acids is 2. The summed E-state index contributed by atoms with van der Waals surface area (Å²) in [4.78, 5) is 31.4. The van der Waals surface area contributed by atoms with Gasteiger partial charge in [-0.3, -0.25) is 9.59 Å². The number of ether oxygens (including phenoxy) is 2. The quantitative estimate of drug-likeness (QED) is 0.395. The number of hydrogen-bond donors (Lipinski definition) is 0. The monoisotopic (exact) mass is 508 g/mol. The highest BCUT2D eigenvalue weighted by atomic mass is 16.5. The van der Waals surface area contributed by atoms with Crippen molar-refractivity contribution in [1.82, 2.24) is 14.4 Å². The second-order valence-corrected chi connectivity index (χ2v) is 9.09. The maximum atomic E-state index is 13.1. The fourth-order valence-electron chi connectivity index (χ4n) is 4.66. The van der Waals surface area contributed by atoms with Crippen LogP contribution in [0.25, 0.3) is 0 Å². The highest BCUT2D eigenvalue weighted by Gasteiger charge is 2.25. The Balaban J connectivity index is 1.36. The fourth-order valence-corrected chi connectivity index (χ4v) is 4.66. The van der Waals surface area contributed by atoms with E-state index < -0.39 is 0 Å². The zero-order chi connectivity index (χ0) is 26.2. The molecule has 3 heterocycles. The van der Waals surface area contributed by atoms with Gasteiger partial charge >= 0.3 is 0 Å². The van der Waals surface area contributed by atoms with Crippen LogP contribution in [0.1, 0.15) is 35.4 Å². The van der Waals surface area contributed by atoms with Gasteiger partial charge in [-0.15, -0.1) is 0 Å². The lowest BCUT2D eigenvalue weighted by Crippen LogP contribution is -2.48. The molecule has 0 N–H and O–H groups in total. The highest BCUT2D eigenvalue weighted by Crippen LogP contribution is 2.28. The standard InChI is InChI=1S/C28H36N4O5/c1-4-13-32(27(33)21-35-2)19-22-8-7-14-31(22)20-23-11-12-26(37-23)28(34)30-17-15-29(16-18-30)24-9-5-6-10-25(24)36-3/h5-12,14H,4,13,15-21H2,1-3H3. The van der Waals surface area contributed by atoms with Crippen molar-refractivity contribution in [2.24, 2.45) is 0 Å². The van der Waals surface area contributed by atoms with Crippen molar-refractivity contribution in [2.75, 3.05) is 58.5 Å². The van der Waals surface area contributed by atoms with Crippen LogP contribution in [-0.2, 0) is 22.6 Å². The molecule has 1 aromatic carbocycles. The van der Waals surface area contributed by atoms with Gasteiger partial charge in [0.25, 0.3) is 5.91 Å². The zero-order valence-corrected chi connectivity index (χ0v) is 21.9. The molecule has 0 aliphatic carbocycles. The molecule has 2 amide bonds. The zero-order valence-electron chi connectivity index (χ0n) is 21.9. The van der Waals surface area contributed by atoms with Gasteiger partial charge in [0.05, 0.1) is 25.9 Å². The van der Waals surface area contributed by atoms with E-state index in [1.165, 1.54) is 7.11 Å². The van der Waals surface area contributed by atoms with Crippen molar-refractivity contribution >= 4 is 17.5 Å². The van der Waals surface area contributed by atoms with Crippen LogP contribution in [0.4, 0.5) is 5.69 Å². The number of amides is 2. The van der Waals surface area contributed by atoms with Crippen molar-refractivity contribution in [3.8, 4) is 5.75 Å².